The van der Waals surface area contributed by atoms with Crippen molar-refractivity contribution in [3.63, 3.8) is 0 Å². The summed E-state index contributed by atoms with van der Waals surface area (Å²) in [7, 11) is 0. The molecular weight excluding hydrogens is 329 g/mol. The third-order valence-electron chi connectivity index (χ3n) is 0.993. The molecule has 56 valence electrons. The second-order valence-corrected chi connectivity index (χ2v) is 1.64. The molecule has 1 aromatic carbocycles. The minimum atomic E-state index is -0.475. The molecule has 0 fully saturated rings. The van der Waals surface area contributed by atoms with Gasteiger partial charge in [-0.3, -0.25) is 0 Å². The number of aromatic hydroxyl groups is 3. The van der Waals surface area contributed by atoms with E-state index in [0.29, 0.717) is 0 Å². The summed E-state index contributed by atoms with van der Waals surface area (Å²) < 4.78 is 0. The van der Waals surface area contributed by atoms with Crippen LogP contribution in [0.3, 0.4) is 0 Å². The van der Waals surface area contributed by atoms with Crippen molar-refractivity contribution < 1.29 is 15.3 Å². The minimum absolute atomic E-state index is 0. The van der Waals surface area contributed by atoms with Crippen LogP contribution in [0.4, 0.5) is 0 Å². The van der Waals surface area contributed by atoms with Crippen molar-refractivity contribution in [1.82, 2.24) is 0 Å². The maximum absolute atomic E-state index is 8.71. The molecule has 0 atom stereocenters. The van der Waals surface area contributed by atoms with Gasteiger partial charge in [-0.2, -0.15) is 0 Å². The zero-order valence-electron chi connectivity index (χ0n) is 5.28. The molecule has 1 aromatic rings. The molecule has 3 nitrogen and oxygen atoms in total. The molecular formula is C6H9BiO3. The summed E-state index contributed by atoms with van der Waals surface area (Å²) in [4.78, 5) is 0. The SMILES string of the molecule is Oc1cccc(O)c1O.[BiH3]. The van der Waals surface area contributed by atoms with Gasteiger partial charge in [0.25, 0.3) is 0 Å². The average molecular weight is 338 g/mol. The number of hydrogen-bond acceptors (Lipinski definition) is 3. The van der Waals surface area contributed by atoms with E-state index in [4.69, 9.17) is 15.3 Å². The van der Waals surface area contributed by atoms with Gasteiger partial charge in [-0.25, -0.2) is 0 Å². The van der Waals surface area contributed by atoms with Crippen molar-refractivity contribution in [2.45, 2.75) is 0 Å². The monoisotopic (exact) mass is 338 g/mol. The number of benzene rings is 1. The van der Waals surface area contributed by atoms with Crippen molar-refractivity contribution in [1.29, 1.82) is 0 Å². The van der Waals surface area contributed by atoms with Crippen molar-refractivity contribution in [3.8, 4) is 17.2 Å². The molecule has 0 aliphatic carbocycles. The zero-order chi connectivity index (χ0) is 6.85. The van der Waals surface area contributed by atoms with Gasteiger partial charge in [0.05, 0.1) is 0 Å². The molecule has 0 aliphatic rings. The van der Waals surface area contributed by atoms with Gasteiger partial charge in [0, 0.05) is 0 Å². The van der Waals surface area contributed by atoms with Gasteiger partial charge in [0.1, 0.15) is 0 Å². The maximum atomic E-state index is 8.71. The van der Waals surface area contributed by atoms with Crippen molar-refractivity contribution in [2.24, 2.45) is 0 Å². The van der Waals surface area contributed by atoms with Crippen LogP contribution in [0.2, 0.25) is 0 Å². The molecule has 0 aromatic heterocycles. The molecule has 0 amide bonds. The van der Waals surface area contributed by atoms with Crippen molar-refractivity contribution in [2.75, 3.05) is 0 Å². The van der Waals surface area contributed by atoms with E-state index in [0.717, 1.165) is 0 Å². The average Bonchev–Trinajstić information content (AvgIpc) is 1.83. The van der Waals surface area contributed by atoms with E-state index < -0.39 is 5.75 Å². The fourth-order valence-electron chi connectivity index (χ4n) is 0.519. The van der Waals surface area contributed by atoms with Crippen molar-refractivity contribution >= 4 is 26.2 Å². The Hall–Kier alpha value is -0.497. The topological polar surface area (TPSA) is 60.7 Å². The van der Waals surface area contributed by atoms with Gasteiger partial charge in [0.15, 0.2) is 17.2 Å². The second-order valence-electron chi connectivity index (χ2n) is 1.64. The normalized spacial score (nSPS) is 8.40. The van der Waals surface area contributed by atoms with Gasteiger partial charge >= 0.3 is 26.2 Å². The van der Waals surface area contributed by atoms with E-state index in [-0.39, 0.29) is 37.7 Å². The molecule has 0 bridgehead atoms. The summed E-state index contributed by atoms with van der Waals surface area (Å²) in [5, 5.41) is 26.1. The molecule has 0 radical (unpaired) electrons. The van der Waals surface area contributed by atoms with Gasteiger partial charge in [0.2, 0.25) is 0 Å². The molecule has 4 heteroatoms. The van der Waals surface area contributed by atoms with Crippen LogP contribution in [0.5, 0.6) is 17.2 Å². The van der Waals surface area contributed by atoms with Crippen LogP contribution in [-0.4, -0.2) is 41.5 Å². The van der Waals surface area contributed by atoms with E-state index in [9.17, 15) is 0 Å². The Morgan fingerprint density at radius 1 is 0.900 bits per heavy atom. The molecule has 0 heterocycles. The molecule has 1 rings (SSSR count). The Labute approximate surface area is 77.1 Å². The van der Waals surface area contributed by atoms with Crippen LogP contribution >= 0.6 is 0 Å². The van der Waals surface area contributed by atoms with Crippen molar-refractivity contribution in [3.05, 3.63) is 18.2 Å². The Morgan fingerprint density at radius 3 is 1.60 bits per heavy atom. The van der Waals surface area contributed by atoms with Crippen LogP contribution in [-0.2, 0) is 0 Å². The third kappa shape index (κ3) is 1.74. The van der Waals surface area contributed by atoms with E-state index in [1.165, 1.54) is 18.2 Å². The van der Waals surface area contributed by atoms with E-state index >= 15 is 0 Å². The van der Waals surface area contributed by atoms with Crippen LogP contribution < -0.4 is 0 Å². The fraction of sp³-hybridized carbons (Fsp3) is 0. The van der Waals surface area contributed by atoms with E-state index in [2.05, 4.69) is 0 Å². The third-order valence-corrected chi connectivity index (χ3v) is 0.993. The van der Waals surface area contributed by atoms with Gasteiger partial charge in [-0.1, -0.05) is 6.07 Å². The number of hydrogen-bond donors (Lipinski definition) is 3. The Morgan fingerprint density at radius 2 is 1.30 bits per heavy atom. The van der Waals surface area contributed by atoms with E-state index in [1.807, 2.05) is 0 Å². The first-order valence-electron chi connectivity index (χ1n) is 2.41. The summed E-state index contributed by atoms with van der Waals surface area (Å²) in [5.41, 5.74) is 0. The number of phenols is 3. The number of rotatable bonds is 0. The predicted octanol–water partition coefficient (Wildman–Crippen LogP) is -0.381. The quantitative estimate of drug-likeness (QED) is 0.447. The zero-order valence-corrected chi connectivity index (χ0v) is 10.8. The summed E-state index contributed by atoms with van der Waals surface area (Å²) >= 11 is 0. The number of para-hydroxylation sites is 1. The Balaban J connectivity index is 0.000000810. The Kier molecular flexibility index (Phi) is 3.44. The molecule has 0 spiro atoms. The second kappa shape index (κ2) is 3.62. The Bertz CT molecular complexity index is 204. The first kappa shape index (κ1) is 9.50. The van der Waals surface area contributed by atoms with E-state index in [1.54, 1.807) is 0 Å². The van der Waals surface area contributed by atoms with Crippen LogP contribution in [0.15, 0.2) is 18.2 Å². The summed E-state index contributed by atoms with van der Waals surface area (Å²) in [6.45, 7) is 0. The molecule has 3 N–H and O–H groups in total. The summed E-state index contributed by atoms with van der Waals surface area (Å²) in [6.07, 6.45) is 0. The predicted molar refractivity (Wildman–Crippen MR) is 41.4 cm³/mol. The number of phenolic OH excluding ortho intramolecular Hbond substituents is 3. The van der Waals surface area contributed by atoms with Gasteiger partial charge in [-0.05, 0) is 12.1 Å². The summed E-state index contributed by atoms with van der Waals surface area (Å²) in [6, 6.07) is 4.01. The van der Waals surface area contributed by atoms with Gasteiger partial charge in [-0.15, -0.1) is 0 Å². The molecule has 0 aliphatic heterocycles. The molecule has 0 saturated carbocycles. The van der Waals surface area contributed by atoms with Gasteiger partial charge < -0.3 is 15.3 Å². The standard InChI is InChI=1S/C6H6O3.Bi.3H/c7-4-2-1-3-5(8)6(4)9;;;;/h1-3,7-9H;;;;. The van der Waals surface area contributed by atoms with Crippen LogP contribution in [0.1, 0.15) is 0 Å². The fourth-order valence-corrected chi connectivity index (χ4v) is 0.519. The molecule has 0 saturated heterocycles. The van der Waals surface area contributed by atoms with Crippen LogP contribution in [0.25, 0.3) is 0 Å². The first-order valence-corrected chi connectivity index (χ1v) is 2.41. The summed E-state index contributed by atoms with van der Waals surface area (Å²) in [5.74, 6) is -1.09. The molecule has 0 unspecified atom stereocenters. The van der Waals surface area contributed by atoms with Crippen LogP contribution in [0, 0.1) is 0 Å². The first-order chi connectivity index (χ1) is 4.22. The molecule has 10 heavy (non-hydrogen) atoms.